The first-order chi connectivity index (χ1) is 17.4. The highest BCUT2D eigenvalue weighted by molar-refractivity contribution is 5.88. The SMILES string of the molecule is O=C(CNC(C(=O)N1CC(c2cc(F)ccc2F)=CC1c1ccccc1)C1CC1)N1CCC(O)CC1. The molecule has 2 N–H and O–H groups in total. The number of nitrogens with zero attached hydrogens (tertiary/aromatic N) is 2. The van der Waals surface area contributed by atoms with Crippen molar-refractivity contribution >= 4 is 17.4 Å². The van der Waals surface area contributed by atoms with E-state index in [1.165, 1.54) is 6.07 Å². The van der Waals surface area contributed by atoms with Gasteiger partial charge in [0.05, 0.1) is 24.7 Å². The monoisotopic (exact) mass is 495 g/mol. The summed E-state index contributed by atoms with van der Waals surface area (Å²) in [6.07, 6.45) is 4.39. The molecule has 1 aliphatic carbocycles. The Kier molecular flexibility index (Phi) is 7.16. The van der Waals surface area contributed by atoms with E-state index < -0.39 is 23.7 Å². The van der Waals surface area contributed by atoms with Gasteiger partial charge in [-0.15, -0.1) is 0 Å². The van der Waals surface area contributed by atoms with Crippen LogP contribution < -0.4 is 5.32 Å². The number of piperidine rings is 1. The molecule has 190 valence electrons. The van der Waals surface area contributed by atoms with Crippen LogP contribution in [0.2, 0.25) is 0 Å². The van der Waals surface area contributed by atoms with Gasteiger partial charge in [0.15, 0.2) is 0 Å². The van der Waals surface area contributed by atoms with Crippen molar-refractivity contribution in [1.82, 2.24) is 15.1 Å². The first kappa shape index (κ1) is 24.6. The van der Waals surface area contributed by atoms with Crippen LogP contribution in [-0.2, 0) is 9.59 Å². The number of aliphatic hydroxyl groups is 1. The van der Waals surface area contributed by atoms with Crippen molar-refractivity contribution in [3.05, 3.63) is 77.4 Å². The molecule has 1 saturated heterocycles. The summed E-state index contributed by atoms with van der Waals surface area (Å²) in [5.41, 5.74) is 1.60. The molecular weight excluding hydrogens is 464 g/mol. The van der Waals surface area contributed by atoms with Gasteiger partial charge in [0, 0.05) is 25.2 Å². The summed E-state index contributed by atoms with van der Waals surface area (Å²) in [7, 11) is 0. The Hall–Kier alpha value is -3.10. The van der Waals surface area contributed by atoms with E-state index in [9.17, 15) is 23.5 Å². The van der Waals surface area contributed by atoms with Crippen molar-refractivity contribution < 1.29 is 23.5 Å². The minimum Gasteiger partial charge on any atom is -0.393 e. The number of halogens is 2. The third kappa shape index (κ3) is 5.34. The number of hydrogen-bond donors (Lipinski definition) is 2. The fourth-order valence-corrected chi connectivity index (χ4v) is 5.16. The minimum absolute atomic E-state index is 0.0473. The average molecular weight is 496 g/mol. The molecule has 2 atom stereocenters. The number of nitrogens with one attached hydrogen (secondary N) is 1. The van der Waals surface area contributed by atoms with Crippen LogP contribution >= 0.6 is 0 Å². The van der Waals surface area contributed by atoms with Crippen LogP contribution in [0.3, 0.4) is 0 Å². The van der Waals surface area contributed by atoms with Crippen molar-refractivity contribution in [3.63, 3.8) is 0 Å². The number of amides is 2. The Morgan fingerprint density at radius 3 is 2.44 bits per heavy atom. The molecule has 3 aliphatic rings. The van der Waals surface area contributed by atoms with E-state index in [0.717, 1.165) is 30.5 Å². The predicted octanol–water partition coefficient (Wildman–Crippen LogP) is 3.28. The van der Waals surface area contributed by atoms with Gasteiger partial charge in [0.1, 0.15) is 11.6 Å². The lowest BCUT2D eigenvalue weighted by Crippen LogP contribution is -2.51. The molecule has 6 nitrogen and oxygen atoms in total. The average Bonchev–Trinajstić information content (AvgIpc) is 3.63. The van der Waals surface area contributed by atoms with E-state index in [2.05, 4.69) is 5.32 Å². The van der Waals surface area contributed by atoms with E-state index in [0.29, 0.717) is 31.5 Å². The van der Waals surface area contributed by atoms with E-state index >= 15 is 0 Å². The molecule has 0 radical (unpaired) electrons. The molecule has 2 aromatic carbocycles. The van der Waals surface area contributed by atoms with E-state index in [-0.39, 0.29) is 42.5 Å². The standard InChI is InChI=1S/C28H31F2N3O3/c29-21-8-9-24(30)23(15-21)20-14-25(18-4-2-1-3-5-18)33(17-20)28(36)27(19-6-7-19)31-16-26(35)32-12-10-22(34)11-13-32/h1-5,8-9,14-15,19,22,25,27,31,34H,6-7,10-13,16-17H2. The highest BCUT2D eigenvalue weighted by Gasteiger charge is 2.42. The number of likely N-dealkylation sites (tertiary alicyclic amines) is 1. The predicted molar refractivity (Wildman–Crippen MR) is 132 cm³/mol. The zero-order valence-electron chi connectivity index (χ0n) is 20.1. The van der Waals surface area contributed by atoms with Gasteiger partial charge >= 0.3 is 0 Å². The number of carbonyl (C=O) groups excluding carboxylic acids is 2. The topological polar surface area (TPSA) is 72.9 Å². The fourth-order valence-electron chi connectivity index (χ4n) is 5.16. The number of hydrogen-bond acceptors (Lipinski definition) is 4. The van der Waals surface area contributed by atoms with Gasteiger partial charge in [-0.3, -0.25) is 14.9 Å². The molecule has 0 aromatic heterocycles. The van der Waals surface area contributed by atoms with Crippen molar-refractivity contribution in [2.24, 2.45) is 5.92 Å². The Morgan fingerprint density at radius 2 is 1.75 bits per heavy atom. The van der Waals surface area contributed by atoms with Crippen LogP contribution in [-0.4, -0.2) is 65.0 Å². The lowest BCUT2D eigenvalue weighted by molar-refractivity contribution is -0.135. The number of rotatable bonds is 7. The summed E-state index contributed by atoms with van der Waals surface area (Å²) < 4.78 is 28.5. The second-order valence-electron chi connectivity index (χ2n) is 9.95. The summed E-state index contributed by atoms with van der Waals surface area (Å²) in [5, 5.41) is 12.9. The van der Waals surface area contributed by atoms with Crippen LogP contribution in [0.1, 0.15) is 42.9 Å². The van der Waals surface area contributed by atoms with Gasteiger partial charge in [-0.1, -0.05) is 36.4 Å². The summed E-state index contributed by atoms with van der Waals surface area (Å²) in [5.74, 6) is -1.15. The van der Waals surface area contributed by atoms with Gasteiger partial charge in [-0.05, 0) is 60.9 Å². The Morgan fingerprint density at radius 1 is 1.03 bits per heavy atom. The molecule has 0 bridgehead atoms. The molecule has 2 aromatic rings. The number of carbonyl (C=O) groups is 2. The van der Waals surface area contributed by atoms with E-state index in [1.54, 1.807) is 9.80 Å². The molecule has 2 fully saturated rings. The van der Waals surface area contributed by atoms with Gasteiger partial charge in [0.25, 0.3) is 0 Å². The van der Waals surface area contributed by atoms with Gasteiger partial charge in [0.2, 0.25) is 11.8 Å². The molecule has 1 saturated carbocycles. The lowest BCUT2D eigenvalue weighted by atomic mass is 10.0. The van der Waals surface area contributed by atoms with Crippen LogP contribution in [0.4, 0.5) is 8.78 Å². The number of benzene rings is 2. The molecule has 8 heteroatoms. The molecule has 2 aliphatic heterocycles. The summed E-state index contributed by atoms with van der Waals surface area (Å²) in [6.45, 7) is 1.23. The third-order valence-electron chi connectivity index (χ3n) is 7.38. The number of aliphatic hydroxyl groups excluding tert-OH is 1. The fraction of sp³-hybridized carbons (Fsp3) is 0.429. The Labute approximate surface area is 209 Å². The van der Waals surface area contributed by atoms with Crippen LogP contribution in [0, 0.1) is 17.6 Å². The largest absolute Gasteiger partial charge is 0.393 e. The van der Waals surface area contributed by atoms with Crippen LogP contribution in [0.25, 0.3) is 5.57 Å². The molecule has 36 heavy (non-hydrogen) atoms. The zero-order chi connectivity index (χ0) is 25.2. The smallest absolute Gasteiger partial charge is 0.241 e. The molecule has 2 amide bonds. The first-order valence-corrected chi connectivity index (χ1v) is 12.6. The lowest BCUT2D eigenvalue weighted by Gasteiger charge is -2.32. The van der Waals surface area contributed by atoms with Crippen molar-refractivity contribution in [2.75, 3.05) is 26.2 Å². The second kappa shape index (κ2) is 10.5. The Bertz CT molecular complexity index is 1140. The third-order valence-corrected chi connectivity index (χ3v) is 7.38. The van der Waals surface area contributed by atoms with E-state index in [4.69, 9.17) is 0 Å². The molecule has 5 rings (SSSR count). The maximum atomic E-state index is 14.6. The minimum atomic E-state index is -0.533. The second-order valence-corrected chi connectivity index (χ2v) is 9.95. The summed E-state index contributed by atoms with van der Waals surface area (Å²) in [4.78, 5) is 30.1. The maximum absolute atomic E-state index is 14.6. The van der Waals surface area contributed by atoms with Crippen LogP contribution in [0.5, 0.6) is 0 Å². The molecular formula is C28H31F2N3O3. The zero-order valence-corrected chi connectivity index (χ0v) is 20.1. The van der Waals surface area contributed by atoms with Gasteiger partial charge < -0.3 is 14.9 Å². The van der Waals surface area contributed by atoms with Gasteiger partial charge in [-0.2, -0.15) is 0 Å². The highest BCUT2D eigenvalue weighted by atomic mass is 19.1. The van der Waals surface area contributed by atoms with Crippen molar-refractivity contribution in [1.29, 1.82) is 0 Å². The Balaban J connectivity index is 1.35. The van der Waals surface area contributed by atoms with E-state index in [1.807, 2.05) is 36.4 Å². The van der Waals surface area contributed by atoms with Crippen LogP contribution in [0.15, 0.2) is 54.6 Å². The molecule has 0 spiro atoms. The summed E-state index contributed by atoms with van der Waals surface area (Å²) >= 11 is 0. The van der Waals surface area contributed by atoms with Gasteiger partial charge in [-0.25, -0.2) is 8.78 Å². The summed E-state index contributed by atoms with van der Waals surface area (Å²) in [6, 6.07) is 11.9. The molecule has 2 heterocycles. The van der Waals surface area contributed by atoms with Crippen molar-refractivity contribution in [2.45, 2.75) is 43.9 Å². The first-order valence-electron chi connectivity index (χ1n) is 12.6. The van der Waals surface area contributed by atoms with Crippen molar-refractivity contribution in [3.8, 4) is 0 Å². The molecule has 2 unspecified atom stereocenters. The quantitative estimate of drug-likeness (QED) is 0.619. The maximum Gasteiger partial charge on any atom is 0.241 e. The normalized spacial score (nSPS) is 21.4. The highest BCUT2D eigenvalue weighted by Crippen LogP contribution is 2.39.